The number of nitrogens with zero attached hydrogens (tertiary/aromatic N) is 6. The molecule has 36 heavy (non-hydrogen) atoms. The smallest absolute Gasteiger partial charge is 0.239 e. The molecule has 1 fully saturated rings. The maximum atomic E-state index is 13.2. The molecule has 3 aromatic heterocycles. The third kappa shape index (κ3) is 4.69. The highest BCUT2D eigenvalue weighted by atomic mass is 79.9. The topological polar surface area (TPSA) is 111 Å². The summed E-state index contributed by atoms with van der Waals surface area (Å²) in [5, 5.41) is 21.1. The van der Waals surface area contributed by atoms with Gasteiger partial charge in [-0.1, -0.05) is 11.3 Å². The number of anilines is 1. The van der Waals surface area contributed by atoms with Crippen LogP contribution < -0.4 is 10.6 Å². The van der Waals surface area contributed by atoms with E-state index >= 15 is 0 Å². The average molecular weight is 577 g/mol. The van der Waals surface area contributed by atoms with Crippen LogP contribution in [0.4, 0.5) is 14.7 Å². The number of hydrogen-bond acceptors (Lipinski definition) is 8. The third-order valence-corrected chi connectivity index (χ3v) is 7.93. The lowest BCUT2D eigenvalue weighted by atomic mass is 9.81. The Hall–Kier alpha value is -3.06. The molecule has 0 bridgehead atoms. The van der Waals surface area contributed by atoms with Gasteiger partial charge in [0.2, 0.25) is 18.3 Å². The minimum Gasteiger partial charge on any atom is -0.359 e. The summed E-state index contributed by atoms with van der Waals surface area (Å²) in [6.07, 6.45) is -0.123. The van der Waals surface area contributed by atoms with E-state index in [2.05, 4.69) is 51.8 Å². The van der Waals surface area contributed by atoms with E-state index in [9.17, 15) is 13.6 Å². The number of aryl methyl sites for hydroxylation is 1. The number of carbonyl (C=O) groups excluding carboxylic acids is 1. The SMILES string of the molecule is CNC(=O)[C@]1(CC(F)F)CC[C@@H](Nc2ncc3c(Br)nn(-c4ccc(-c5nnc(C)s5)cc4)c3n2)C1. The maximum absolute atomic E-state index is 13.2. The van der Waals surface area contributed by atoms with Crippen LogP contribution in [0, 0.1) is 12.3 Å². The van der Waals surface area contributed by atoms with Crippen molar-refractivity contribution in [3.63, 3.8) is 0 Å². The fourth-order valence-corrected chi connectivity index (χ4v) is 5.89. The lowest BCUT2D eigenvalue weighted by Crippen LogP contribution is -2.39. The summed E-state index contributed by atoms with van der Waals surface area (Å²) in [6, 6.07) is 7.57. The molecule has 1 aliphatic rings. The number of carbonyl (C=O) groups is 1. The van der Waals surface area contributed by atoms with Gasteiger partial charge in [-0.05, 0) is 66.4 Å². The van der Waals surface area contributed by atoms with Gasteiger partial charge in [0.25, 0.3) is 0 Å². The number of alkyl halides is 2. The summed E-state index contributed by atoms with van der Waals surface area (Å²) < 4.78 is 28.8. The van der Waals surface area contributed by atoms with Crippen LogP contribution in [0.5, 0.6) is 0 Å². The molecule has 3 heterocycles. The van der Waals surface area contributed by atoms with Gasteiger partial charge in [0.1, 0.15) is 14.6 Å². The van der Waals surface area contributed by atoms with Gasteiger partial charge < -0.3 is 10.6 Å². The third-order valence-electron chi connectivity index (χ3n) is 6.46. The first-order valence-electron chi connectivity index (χ1n) is 11.4. The molecular weight excluding hydrogens is 554 g/mol. The molecule has 1 aromatic carbocycles. The fraction of sp³-hybridized carbons (Fsp3) is 0.391. The first-order valence-corrected chi connectivity index (χ1v) is 13.0. The number of aromatic nitrogens is 6. The van der Waals surface area contributed by atoms with Gasteiger partial charge in [-0.25, -0.2) is 18.4 Å². The molecule has 0 spiro atoms. The van der Waals surface area contributed by atoms with Crippen LogP contribution in [0.3, 0.4) is 0 Å². The van der Waals surface area contributed by atoms with Crippen molar-refractivity contribution in [2.45, 2.75) is 45.1 Å². The van der Waals surface area contributed by atoms with Crippen molar-refractivity contribution in [1.82, 2.24) is 35.3 Å². The Bertz CT molecular complexity index is 1410. The van der Waals surface area contributed by atoms with E-state index in [1.165, 1.54) is 18.4 Å². The van der Waals surface area contributed by atoms with Crippen molar-refractivity contribution in [1.29, 1.82) is 0 Å². The number of hydrogen-bond donors (Lipinski definition) is 2. The molecule has 1 saturated carbocycles. The van der Waals surface area contributed by atoms with Crippen LogP contribution in [0.15, 0.2) is 35.1 Å². The van der Waals surface area contributed by atoms with Crippen LogP contribution in [0.1, 0.15) is 30.7 Å². The van der Waals surface area contributed by atoms with E-state index in [4.69, 9.17) is 0 Å². The van der Waals surface area contributed by atoms with Crippen LogP contribution in [-0.2, 0) is 4.79 Å². The van der Waals surface area contributed by atoms with Crippen molar-refractivity contribution < 1.29 is 13.6 Å². The second-order valence-corrected chi connectivity index (χ2v) is 10.8. The molecule has 2 atom stereocenters. The molecule has 2 N–H and O–H groups in total. The van der Waals surface area contributed by atoms with Gasteiger partial charge in [0.05, 0.1) is 16.5 Å². The van der Waals surface area contributed by atoms with E-state index < -0.39 is 18.3 Å². The summed E-state index contributed by atoms with van der Waals surface area (Å²) in [5.41, 5.74) is 1.25. The zero-order chi connectivity index (χ0) is 25.4. The largest absolute Gasteiger partial charge is 0.359 e. The quantitative estimate of drug-likeness (QED) is 0.326. The lowest BCUT2D eigenvalue weighted by molar-refractivity contribution is -0.132. The number of nitrogens with one attached hydrogen (secondary N) is 2. The number of benzene rings is 1. The first-order chi connectivity index (χ1) is 17.3. The Morgan fingerprint density at radius 2 is 2.08 bits per heavy atom. The van der Waals surface area contributed by atoms with Crippen LogP contribution in [-0.4, -0.2) is 55.4 Å². The molecule has 1 aliphatic carbocycles. The van der Waals surface area contributed by atoms with Crippen molar-refractivity contribution in [2.24, 2.45) is 5.41 Å². The summed E-state index contributed by atoms with van der Waals surface area (Å²) in [5.74, 6) is 0.00414. The Kier molecular flexibility index (Phi) is 6.68. The molecule has 0 saturated heterocycles. The van der Waals surface area contributed by atoms with E-state index in [-0.39, 0.29) is 18.4 Å². The monoisotopic (exact) mass is 576 g/mol. The Balaban J connectivity index is 1.40. The highest BCUT2D eigenvalue weighted by Crippen LogP contribution is 2.44. The highest BCUT2D eigenvalue weighted by Gasteiger charge is 2.46. The standard InChI is InChI=1S/C23H23BrF2N8OS/c1-12-31-32-20(36-12)13-3-5-15(6-4-13)34-19-16(18(24)33-34)11-28-22(30-19)29-14-7-8-23(9-14,10-17(25)26)21(35)27-2/h3-6,11,14,17H,7-10H2,1-2H3,(H,27,35)(H,28,29,30)/t14-,23-/m1/s1. The highest BCUT2D eigenvalue weighted by molar-refractivity contribution is 9.10. The molecule has 1 amide bonds. The number of rotatable bonds is 7. The Morgan fingerprint density at radius 3 is 2.75 bits per heavy atom. The number of fused-ring (bicyclic) bond motifs is 1. The van der Waals surface area contributed by atoms with E-state index in [0.717, 1.165) is 26.7 Å². The summed E-state index contributed by atoms with van der Waals surface area (Å²) in [6.45, 7) is 1.91. The van der Waals surface area contributed by atoms with Gasteiger partial charge in [-0.3, -0.25) is 4.79 Å². The molecule has 0 aliphatic heterocycles. The van der Waals surface area contributed by atoms with Gasteiger partial charge in [0, 0.05) is 31.3 Å². The van der Waals surface area contributed by atoms with Crippen LogP contribution >= 0.6 is 27.3 Å². The average Bonchev–Trinajstić information content (AvgIpc) is 3.56. The number of amides is 1. The van der Waals surface area contributed by atoms with Crippen molar-refractivity contribution in [3.8, 4) is 16.3 Å². The van der Waals surface area contributed by atoms with Crippen LogP contribution in [0.2, 0.25) is 0 Å². The molecule has 9 nitrogen and oxygen atoms in total. The Labute approximate surface area is 217 Å². The lowest BCUT2D eigenvalue weighted by Gasteiger charge is -2.27. The zero-order valence-electron chi connectivity index (χ0n) is 19.5. The minimum absolute atomic E-state index is 0.201. The maximum Gasteiger partial charge on any atom is 0.239 e. The predicted octanol–water partition coefficient (Wildman–Crippen LogP) is 4.76. The second kappa shape index (κ2) is 9.77. The van der Waals surface area contributed by atoms with Crippen LogP contribution in [0.25, 0.3) is 27.3 Å². The van der Waals surface area contributed by atoms with Crippen molar-refractivity contribution in [3.05, 3.63) is 40.1 Å². The van der Waals surface area contributed by atoms with Gasteiger partial charge in [0.15, 0.2) is 5.65 Å². The minimum atomic E-state index is -2.55. The van der Waals surface area contributed by atoms with Crippen molar-refractivity contribution in [2.75, 3.05) is 12.4 Å². The summed E-state index contributed by atoms with van der Waals surface area (Å²) >= 11 is 5.00. The predicted molar refractivity (Wildman–Crippen MR) is 136 cm³/mol. The molecular formula is C23H23BrF2N8OS. The number of halogens is 3. The first kappa shape index (κ1) is 24.6. The molecule has 188 valence electrons. The Morgan fingerprint density at radius 1 is 1.31 bits per heavy atom. The second-order valence-electron chi connectivity index (χ2n) is 8.85. The molecule has 0 unspecified atom stereocenters. The van der Waals surface area contributed by atoms with E-state index in [1.807, 2.05) is 31.2 Å². The zero-order valence-corrected chi connectivity index (χ0v) is 21.9. The fourth-order valence-electron chi connectivity index (χ4n) is 4.75. The van der Waals surface area contributed by atoms with Gasteiger partial charge >= 0.3 is 0 Å². The van der Waals surface area contributed by atoms with Gasteiger partial charge in [-0.2, -0.15) is 10.1 Å². The van der Waals surface area contributed by atoms with Gasteiger partial charge in [-0.15, -0.1) is 10.2 Å². The van der Waals surface area contributed by atoms with E-state index in [1.54, 1.807) is 10.9 Å². The molecule has 13 heteroatoms. The molecule has 4 aromatic rings. The molecule has 0 radical (unpaired) electrons. The van der Waals surface area contributed by atoms with Crippen molar-refractivity contribution >= 4 is 50.2 Å². The molecule has 5 rings (SSSR count). The summed E-state index contributed by atoms with van der Waals surface area (Å²) in [4.78, 5) is 21.5. The van der Waals surface area contributed by atoms with E-state index in [0.29, 0.717) is 29.0 Å². The normalized spacial score (nSPS) is 19.8. The summed E-state index contributed by atoms with van der Waals surface area (Å²) in [7, 11) is 1.48.